The molecule has 0 fully saturated rings. The number of aromatic nitrogens is 1. The van der Waals surface area contributed by atoms with Crippen LogP contribution in [0, 0.1) is 0 Å². The highest BCUT2D eigenvalue weighted by atomic mass is 16.3. The number of rotatable bonds is 6. The molecule has 2 rings (SSSR count). The van der Waals surface area contributed by atoms with Gasteiger partial charge in [0.2, 0.25) is 0 Å². The van der Waals surface area contributed by atoms with Gasteiger partial charge in [-0.2, -0.15) is 0 Å². The number of hydrogen-bond acceptors (Lipinski definition) is 3. The van der Waals surface area contributed by atoms with Gasteiger partial charge in [0, 0.05) is 11.9 Å². The highest BCUT2D eigenvalue weighted by molar-refractivity contribution is 5.95. The van der Waals surface area contributed by atoms with Gasteiger partial charge in [-0.15, -0.1) is 0 Å². The average molecular weight is 272 g/mol. The van der Waals surface area contributed by atoms with Crippen LogP contribution in [0.4, 0.5) is 0 Å². The minimum absolute atomic E-state index is 0.0973. The molecule has 20 heavy (non-hydrogen) atoms. The van der Waals surface area contributed by atoms with Crippen molar-refractivity contribution in [1.29, 1.82) is 0 Å². The van der Waals surface area contributed by atoms with Crippen LogP contribution in [0.3, 0.4) is 0 Å². The zero-order valence-electron chi connectivity index (χ0n) is 11.7. The van der Waals surface area contributed by atoms with Crippen molar-refractivity contribution >= 4 is 16.8 Å². The van der Waals surface area contributed by atoms with Crippen molar-refractivity contribution in [3.05, 3.63) is 36.0 Å². The van der Waals surface area contributed by atoms with Gasteiger partial charge in [-0.05, 0) is 18.6 Å². The first-order chi connectivity index (χ1) is 9.72. The monoisotopic (exact) mass is 272 g/mol. The first-order valence-electron chi connectivity index (χ1n) is 7.09. The molecule has 2 aromatic rings. The van der Waals surface area contributed by atoms with Crippen LogP contribution in [0.2, 0.25) is 0 Å². The summed E-state index contributed by atoms with van der Waals surface area (Å²) in [7, 11) is 0. The van der Waals surface area contributed by atoms with Crippen molar-refractivity contribution in [3.63, 3.8) is 0 Å². The van der Waals surface area contributed by atoms with Gasteiger partial charge in [0.15, 0.2) is 0 Å². The zero-order chi connectivity index (χ0) is 14.4. The summed E-state index contributed by atoms with van der Waals surface area (Å²) in [4.78, 5) is 16.2. The molecule has 1 aromatic heterocycles. The molecule has 1 heterocycles. The summed E-state index contributed by atoms with van der Waals surface area (Å²) < 4.78 is 0. The molecule has 0 atom stereocenters. The van der Waals surface area contributed by atoms with Crippen LogP contribution in [0.25, 0.3) is 10.9 Å². The molecule has 4 heteroatoms. The Kier molecular flexibility index (Phi) is 4.93. The molecule has 0 aliphatic rings. The summed E-state index contributed by atoms with van der Waals surface area (Å²) in [6, 6.07) is 8.67. The van der Waals surface area contributed by atoms with E-state index < -0.39 is 0 Å². The number of pyridine rings is 1. The summed E-state index contributed by atoms with van der Waals surface area (Å²) >= 11 is 0. The standard InChI is InChI=1S/C16H20N2O2/c1-2-3-4-5-11-17-16(20)13-10-9-12-7-6-8-14(19)15(12)18-13/h6-10,19H,2-5,11H2,1H3,(H,17,20). The van der Waals surface area contributed by atoms with Crippen LogP contribution < -0.4 is 5.32 Å². The second kappa shape index (κ2) is 6.89. The fraction of sp³-hybridized carbons (Fsp3) is 0.375. The first kappa shape index (κ1) is 14.3. The molecule has 0 bridgehead atoms. The Bertz CT molecular complexity index is 596. The molecule has 106 valence electrons. The van der Waals surface area contributed by atoms with E-state index in [9.17, 15) is 9.90 Å². The van der Waals surface area contributed by atoms with E-state index in [1.165, 1.54) is 12.8 Å². The van der Waals surface area contributed by atoms with E-state index in [2.05, 4.69) is 17.2 Å². The van der Waals surface area contributed by atoms with Gasteiger partial charge in [-0.3, -0.25) is 4.79 Å². The summed E-state index contributed by atoms with van der Waals surface area (Å²) in [6.45, 7) is 2.82. The van der Waals surface area contributed by atoms with Crippen LogP contribution in [0.1, 0.15) is 43.1 Å². The number of aromatic hydroxyl groups is 1. The third-order valence-electron chi connectivity index (χ3n) is 3.25. The Morgan fingerprint density at radius 1 is 1.20 bits per heavy atom. The smallest absolute Gasteiger partial charge is 0.269 e. The molecule has 2 N–H and O–H groups in total. The van der Waals surface area contributed by atoms with E-state index in [4.69, 9.17) is 0 Å². The van der Waals surface area contributed by atoms with Crippen LogP contribution in [0.5, 0.6) is 5.75 Å². The molecular weight excluding hydrogens is 252 g/mol. The van der Waals surface area contributed by atoms with Gasteiger partial charge < -0.3 is 10.4 Å². The van der Waals surface area contributed by atoms with E-state index >= 15 is 0 Å². The van der Waals surface area contributed by atoms with E-state index in [1.807, 2.05) is 6.07 Å². The molecule has 0 saturated carbocycles. The second-order valence-corrected chi connectivity index (χ2v) is 4.86. The van der Waals surface area contributed by atoms with E-state index in [0.717, 1.165) is 18.2 Å². The minimum Gasteiger partial charge on any atom is -0.506 e. The Morgan fingerprint density at radius 3 is 2.85 bits per heavy atom. The maximum atomic E-state index is 12.0. The largest absolute Gasteiger partial charge is 0.506 e. The highest BCUT2D eigenvalue weighted by Gasteiger charge is 2.09. The highest BCUT2D eigenvalue weighted by Crippen LogP contribution is 2.22. The molecule has 0 saturated heterocycles. The molecule has 0 aliphatic carbocycles. The Hall–Kier alpha value is -2.10. The number of nitrogens with zero attached hydrogens (tertiary/aromatic N) is 1. The number of carbonyl (C=O) groups is 1. The third-order valence-corrected chi connectivity index (χ3v) is 3.25. The van der Waals surface area contributed by atoms with Crippen molar-refractivity contribution in [2.75, 3.05) is 6.54 Å². The predicted octanol–water partition coefficient (Wildman–Crippen LogP) is 3.25. The van der Waals surface area contributed by atoms with E-state index in [1.54, 1.807) is 24.3 Å². The van der Waals surface area contributed by atoms with Crippen LogP contribution in [-0.2, 0) is 0 Å². The predicted molar refractivity (Wildman–Crippen MR) is 79.9 cm³/mol. The molecule has 1 amide bonds. The SMILES string of the molecule is CCCCCCNC(=O)c1ccc2cccc(O)c2n1. The lowest BCUT2D eigenvalue weighted by Crippen LogP contribution is -2.25. The zero-order valence-corrected chi connectivity index (χ0v) is 11.7. The maximum absolute atomic E-state index is 12.0. The number of carbonyl (C=O) groups excluding carboxylic acids is 1. The van der Waals surface area contributed by atoms with Crippen molar-refractivity contribution < 1.29 is 9.90 Å². The van der Waals surface area contributed by atoms with Crippen molar-refractivity contribution in [2.24, 2.45) is 0 Å². The first-order valence-corrected chi connectivity index (χ1v) is 7.09. The van der Waals surface area contributed by atoms with Gasteiger partial charge in [0.25, 0.3) is 5.91 Å². The number of phenolic OH excluding ortho intramolecular Hbond substituents is 1. The fourth-order valence-electron chi connectivity index (χ4n) is 2.10. The summed E-state index contributed by atoms with van der Waals surface area (Å²) in [5.41, 5.74) is 0.806. The van der Waals surface area contributed by atoms with Crippen molar-refractivity contribution in [1.82, 2.24) is 10.3 Å². The normalized spacial score (nSPS) is 10.7. The van der Waals surface area contributed by atoms with Gasteiger partial charge in [-0.1, -0.05) is 44.4 Å². The van der Waals surface area contributed by atoms with Crippen molar-refractivity contribution in [3.8, 4) is 5.75 Å². The Balaban J connectivity index is 2.01. The van der Waals surface area contributed by atoms with Crippen LogP contribution in [0.15, 0.2) is 30.3 Å². The lowest BCUT2D eigenvalue weighted by atomic mass is 10.2. The maximum Gasteiger partial charge on any atom is 0.269 e. The van der Waals surface area contributed by atoms with Gasteiger partial charge in [-0.25, -0.2) is 4.98 Å². The molecule has 0 unspecified atom stereocenters. The summed E-state index contributed by atoms with van der Waals surface area (Å²) in [5, 5.41) is 13.4. The third kappa shape index (κ3) is 3.47. The number of unbranched alkanes of at least 4 members (excludes halogenated alkanes) is 3. The van der Waals surface area contributed by atoms with Crippen molar-refractivity contribution in [2.45, 2.75) is 32.6 Å². The number of benzene rings is 1. The molecule has 1 aromatic carbocycles. The quantitative estimate of drug-likeness (QED) is 0.793. The molecule has 0 aliphatic heterocycles. The number of hydrogen-bond donors (Lipinski definition) is 2. The Labute approximate surface area is 118 Å². The Morgan fingerprint density at radius 2 is 2.05 bits per heavy atom. The van der Waals surface area contributed by atoms with Gasteiger partial charge in [0.05, 0.1) is 0 Å². The molecular formula is C16H20N2O2. The molecule has 0 spiro atoms. The van der Waals surface area contributed by atoms with Crippen LogP contribution in [-0.4, -0.2) is 22.5 Å². The molecule has 4 nitrogen and oxygen atoms in total. The number of para-hydroxylation sites is 1. The lowest BCUT2D eigenvalue weighted by Gasteiger charge is -2.06. The number of amides is 1. The van der Waals surface area contributed by atoms with E-state index in [0.29, 0.717) is 17.8 Å². The van der Waals surface area contributed by atoms with E-state index in [-0.39, 0.29) is 11.7 Å². The number of nitrogens with one attached hydrogen (secondary N) is 1. The number of phenols is 1. The number of fused-ring (bicyclic) bond motifs is 1. The average Bonchev–Trinajstić information content (AvgIpc) is 2.47. The lowest BCUT2D eigenvalue weighted by molar-refractivity contribution is 0.0948. The minimum atomic E-state index is -0.188. The van der Waals surface area contributed by atoms with Gasteiger partial charge >= 0.3 is 0 Å². The second-order valence-electron chi connectivity index (χ2n) is 4.86. The topological polar surface area (TPSA) is 62.2 Å². The van der Waals surface area contributed by atoms with Gasteiger partial charge in [0.1, 0.15) is 17.0 Å². The summed E-state index contributed by atoms with van der Waals surface area (Å²) in [5.74, 6) is -0.0910. The molecule has 0 radical (unpaired) electrons. The fourth-order valence-corrected chi connectivity index (χ4v) is 2.10. The van der Waals surface area contributed by atoms with Crippen LogP contribution >= 0.6 is 0 Å². The summed E-state index contributed by atoms with van der Waals surface area (Å²) in [6.07, 6.45) is 4.48.